The van der Waals surface area contributed by atoms with Gasteiger partial charge in [-0.05, 0) is 68.0 Å². The third-order valence-corrected chi connectivity index (χ3v) is 6.87. The number of nitrogens with one attached hydrogen (secondary N) is 2. The van der Waals surface area contributed by atoms with Crippen LogP contribution in [0.2, 0.25) is 5.02 Å². The SMILES string of the molecule is Cc1cc(C2C(c3ccccn3)NC(=S)N2c2ccc(NC(=O)C(C)C)c(Cl)c2)c(C)n1C. The highest BCUT2D eigenvalue weighted by molar-refractivity contribution is 7.80. The second-order valence-corrected chi connectivity index (χ2v) is 9.48. The second-order valence-electron chi connectivity index (χ2n) is 8.69. The number of hydrogen-bond donors (Lipinski definition) is 2. The van der Waals surface area contributed by atoms with Crippen LogP contribution in [0.15, 0.2) is 48.7 Å². The van der Waals surface area contributed by atoms with Crippen LogP contribution in [-0.4, -0.2) is 20.6 Å². The van der Waals surface area contributed by atoms with E-state index >= 15 is 0 Å². The van der Waals surface area contributed by atoms with Crippen molar-refractivity contribution in [1.82, 2.24) is 14.9 Å². The minimum atomic E-state index is -0.135. The number of thiocarbonyl (C=S) groups is 1. The first-order valence-corrected chi connectivity index (χ1v) is 11.7. The van der Waals surface area contributed by atoms with Gasteiger partial charge in [-0.2, -0.15) is 0 Å². The Hall–Kier alpha value is -2.90. The van der Waals surface area contributed by atoms with Gasteiger partial charge < -0.3 is 20.1 Å². The van der Waals surface area contributed by atoms with Gasteiger partial charge in [0, 0.05) is 36.2 Å². The smallest absolute Gasteiger partial charge is 0.226 e. The third kappa shape index (κ3) is 4.35. The summed E-state index contributed by atoms with van der Waals surface area (Å²) in [6, 6.07) is 13.5. The van der Waals surface area contributed by atoms with Crippen molar-refractivity contribution in [3.8, 4) is 0 Å². The minimum absolute atomic E-state index is 0.0773. The Morgan fingerprint density at radius 1 is 1.21 bits per heavy atom. The number of rotatable bonds is 5. The fraction of sp³-hybridized carbons (Fsp3) is 0.320. The fourth-order valence-electron chi connectivity index (χ4n) is 4.17. The van der Waals surface area contributed by atoms with Crippen molar-refractivity contribution in [2.24, 2.45) is 13.0 Å². The zero-order chi connectivity index (χ0) is 23.9. The highest BCUT2D eigenvalue weighted by Gasteiger charge is 2.42. The summed E-state index contributed by atoms with van der Waals surface area (Å²) in [5.41, 5.74) is 5.87. The van der Waals surface area contributed by atoms with E-state index in [1.54, 1.807) is 6.20 Å². The number of nitrogens with zero attached hydrogens (tertiary/aromatic N) is 3. The van der Waals surface area contributed by atoms with E-state index in [0.717, 1.165) is 11.4 Å². The molecule has 2 unspecified atom stereocenters. The molecule has 0 aliphatic carbocycles. The van der Waals surface area contributed by atoms with Crippen LogP contribution in [0.5, 0.6) is 0 Å². The first kappa shape index (κ1) is 23.3. The van der Waals surface area contributed by atoms with E-state index in [1.807, 2.05) is 50.2 Å². The summed E-state index contributed by atoms with van der Waals surface area (Å²) in [5, 5.41) is 7.43. The van der Waals surface area contributed by atoms with Crippen molar-refractivity contribution in [3.05, 3.63) is 76.3 Å². The molecule has 1 amide bonds. The van der Waals surface area contributed by atoms with Crippen molar-refractivity contribution in [2.75, 3.05) is 10.2 Å². The highest BCUT2D eigenvalue weighted by atomic mass is 35.5. The van der Waals surface area contributed by atoms with E-state index in [0.29, 0.717) is 15.8 Å². The number of anilines is 2. The molecule has 4 rings (SSSR count). The monoisotopic (exact) mass is 481 g/mol. The van der Waals surface area contributed by atoms with Crippen LogP contribution in [0.25, 0.3) is 0 Å². The molecule has 1 fully saturated rings. The van der Waals surface area contributed by atoms with Crippen molar-refractivity contribution in [3.63, 3.8) is 0 Å². The van der Waals surface area contributed by atoms with E-state index in [2.05, 4.69) is 52.0 Å². The van der Waals surface area contributed by atoms with Crippen LogP contribution in [0, 0.1) is 19.8 Å². The van der Waals surface area contributed by atoms with E-state index in [-0.39, 0.29) is 23.9 Å². The van der Waals surface area contributed by atoms with E-state index < -0.39 is 0 Å². The lowest BCUT2D eigenvalue weighted by atomic mass is 9.96. The minimum Gasteiger partial charge on any atom is -0.352 e. The molecule has 1 aliphatic heterocycles. The van der Waals surface area contributed by atoms with Crippen molar-refractivity contribution in [1.29, 1.82) is 0 Å². The largest absolute Gasteiger partial charge is 0.352 e. The van der Waals surface area contributed by atoms with Gasteiger partial charge in [0.15, 0.2) is 5.11 Å². The summed E-state index contributed by atoms with van der Waals surface area (Å²) in [6.07, 6.45) is 1.80. The summed E-state index contributed by atoms with van der Waals surface area (Å²) in [4.78, 5) is 18.8. The highest BCUT2D eigenvalue weighted by Crippen LogP contribution is 2.44. The molecule has 172 valence electrons. The number of halogens is 1. The summed E-state index contributed by atoms with van der Waals surface area (Å²) < 4.78 is 2.18. The number of amides is 1. The molecule has 1 aromatic carbocycles. The summed E-state index contributed by atoms with van der Waals surface area (Å²) in [7, 11) is 2.07. The third-order valence-electron chi connectivity index (χ3n) is 6.24. The first-order valence-electron chi connectivity index (χ1n) is 10.9. The number of hydrogen-bond acceptors (Lipinski definition) is 3. The number of carbonyl (C=O) groups excluding carboxylic acids is 1. The molecule has 1 aliphatic rings. The molecule has 1 saturated heterocycles. The van der Waals surface area contributed by atoms with Gasteiger partial charge in [0.1, 0.15) is 0 Å². The molecule has 0 spiro atoms. The van der Waals surface area contributed by atoms with Gasteiger partial charge in [0.05, 0.1) is 28.5 Å². The van der Waals surface area contributed by atoms with E-state index in [1.165, 1.54) is 17.0 Å². The Labute approximate surface area is 205 Å². The maximum absolute atomic E-state index is 12.1. The number of aromatic nitrogens is 2. The normalized spacial score (nSPS) is 18.0. The van der Waals surface area contributed by atoms with E-state index in [4.69, 9.17) is 23.8 Å². The molecule has 0 radical (unpaired) electrons. The number of aryl methyl sites for hydroxylation is 1. The molecule has 0 saturated carbocycles. The summed E-state index contributed by atoms with van der Waals surface area (Å²) in [5.74, 6) is -0.213. The Bertz CT molecular complexity index is 1210. The zero-order valence-corrected chi connectivity index (χ0v) is 21.0. The summed E-state index contributed by atoms with van der Waals surface area (Å²) in [6.45, 7) is 7.91. The van der Waals surface area contributed by atoms with Crippen LogP contribution in [-0.2, 0) is 11.8 Å². The first-order chi connectivity index (χ1) is 15.7. The maximum Gasteiger partial charge on any atom is 0.226 e. The lowest BCUT2D eigenvalue weighted by molar-refractivity contribution is -0.118. The molecular weight excluding hydrogens is 454 g/mol. The standard InChI is InChI=1S/C25H28ClN5OS/c1-14(2)24(32)28-20-10-9-17(13-19(20)26)31-23(18-12-15(3)30(5)16(18)4)22(29-25(31)33)21-8-6-7-11-27-21/h6-14,22-23H,1-5H3,(H,28,32)(H,29,33). The quantitative estimate of drug-likeness (QED) is 0.473. The van der Waals surface area contributed by atoms with Crippen molar-refractivity contribution < 1.29 is 4.79 Å². The number of benzene rings is 1. The van der Waals surface area contributed by atoms with Crippen molar-refractivity contribution >= 4 is 46.2 Å². The Morgan fingerprint density at radius 2 is 1.97 bits per heavy atom. The molecule has 2 atom stereocenters. The van der Waals surface area contributed by atoms with Gasteiger partial charge in [0.2, 0.25) is 5.91 Å². The van der Waals surface area contributed by atoms with Gasteiger partial charge >= 0.3 is 0 Å². The Morgan fingerprint density at radius 3 is 2.55 bits per heavy atom. The number of carbonyl (C=O) groups is 1. The average Bonchev–Trinajstić information content (AvgIpc) is 3.26. The number of pyridine rings is 1. The van der Waals surface area contributed by atoms with E-state index in [9.17, 15) is 4.79 Å². The Balaban J connectivity index is 1.79. The lowest BCUT2D eigenvalue weighted by Crippen LogP contribution is -2.29. The van der Waals surface area contributed by atoms with Crippen LogP contribution in [0.4, 0.5) is 11.4 Å². The molecule has 33 heavy (non-hydrogen) atoms. The average molecular weight is 482 g/mol. The van der Waals surface area contributed by atoms with Crippen LogP contribution in [0.1, 0.15) is 48.6 Å². The fourth-order valence-corrected chi connectivity index (χ4v) is 4.73. The van der Waals surface area contributed by atoms with Gasteiger partial charge in [-0.25, -0.2) is 0 Å². The Kier molecular flexibility index (Phi) is 6.45. The molecule has 6 nitrogen and oxygen atoms in total. The molecule has 3 aromatic rings. The predicted molar refractivity (Wildman–Crippen MR) is 138 cm³/mol. The molecule has 3 heterocycles. The second kappa shape index (κ2) is 9.15. The maximum atomic E-state index is 12.1. The van der Waals surface area contributed by atoms with Gasteiger partial charge in [-0.1, -0.05) is 31.5 Å². The molecule has 0 bridgehead atoms. The molecular formula is C25H28ClN5OS. The van der Waals surface area contributed by atoms with Crippen molar-refractivity contribution in [2.45, 2.75) is 39.8 Å². The van der Waals surface area contributed by atoms with Gasteiger partial charge in [-0.15, -0.1) is 0 Å². The molecule has 2 N–H and O–H groups in total. The van der Waals surface area contributed by atoms with Gasteiger partial charge in [0.25, 0.3) is 0 Å². The van der Waals surface area contributed by atoms with Crippen LogP contribution in [0.3, 0.4) is 0 Å². The topological polar surface area (TPSA) is 62.2 Å². The zero-order valence-electron chi connectivity index (χ0n) is 19.4. The lowest BCUT2D eigenvalue weighted by Gasteiger charge is -2.28. The van der Waals surface area contributed by atoms with Crippen LogP contribution >= 0.6 is 23.8 Å². The molecule has 2 aromatic heterocycles. The molecule has 8 heteroatoms. The summed E-state index contributed by atoms with van der Waals surface area (Å²) >= 11 is 12.4. The van der Waals surface area contributed by atoms with Crippen LogP contribution < -0.4 is 15.5 Å². The predicted octanol–water partition coefficient (Wildman–Crippen LogP) is 5.46. The van der Waals surface area contributed by atoms with Gasteiger partial charge in [-0.3, -0.25) is 9.78 Å².